The Morgan fingerprint density at radius 2 is 1.20 bits per heavy atom. The molecule has 7 nitrogen and oxygen atoms in total. The third kappa shape index (κ3) is 7.26. The Balaban J connectivity index is 0.932. The lowest BCUT2D eigenvalue weighted by Crippen LogP contribution is -2.31. The van der Waals surface area contributed by atoms with Crippen molar-refractivity contribution in [2.45, 2.75) is 32.4 Å². The minimum atomic E-state index is -0.223. The number of benzene rings is 6. The Morgan fingerprint density at radius 3 is 1.82 bits per heavy atom. The van der Waals surface area contributed by atoms with Crippen molar-refractivity contribution in [1.82, 2.24) is 0 Å². The van der Waals surface area contributed by atoms with E-state index in [-0.39, 0.29) is 5.41 Å². The van der Waals surface area contributed by atoms with Crippen LogP contribution in [0.25, 0.3) is 0 Å². The largest absolute Gasteiger partial charge is 0.473 e. The highest BCUT2D eigenvalue weighted by Crippen LogP contribution is 2.35. The predicted octanol–water partition coefficient (Wildman–Crippen LogP) is 11.0. The molecule has 1 heterocycles. The molecule has 6 aromatic carbocycles. The highest BCUT2D eigenvalue weighted by molar-refractivity contribution is 5.53. The van der Waals surface area contributed by atoms with Gasteiger partial charge in [0.25, 0.3) is 0 Å². The molecule has 0 radical (unpaired) electrons. The normalized spacial score (nSPS) is 12.4. The summed E-state index contributed by atoms with van der Waals surface area (Å²) >= 11 is 0. The summed E-state index contributed by atoms with van der Waals surface area (Å²) in [6, 6.07) is 47.9. The monoisotopic (exact) mass is 647 g/mol. The van der Waals surface area contributed by atoms with Crippen molar-refractivity contribution in [2.75, 3.05) is 16.9 Å². The number of nitrogens with zero attached hydrogens (tertiary/aromatic N) is 2. The number of rotatable bonds is 11. The molecule has 0 aromatic heterocycles. The van der Waals surface area contributed by atoms with Gasteiger partial charge in [-0.25, -0.2) is 0 Å². The van der Waals surface area contributed by atoms with E-state index in [2.05, 4.69) is 71.7 Å². The number of nitroso groups, excluding NO2 is 1. The Kier molecular flexibility index (Phi) is 8.98. The lowest BCUT2D eigenvalue weighted by atomic mass is 9.78. The Bertz CT molecular complexity index is 2020. The molecule has 1 aliphatic rings. The summed E-state index contributed by atoms with van der Waals surface area (Å²) in [5, 5.41) is 6.43. The Labute approximate surface area is 286 Å². The van der Waals surface area contributed by atoms with E-state index in [9.17, 15) is 4.91 Å². The molecule has 6 aromatic rings. The van der Waals surface area contributed by atoms with Crippen LogP contribution in [0.1, 0.15) is 36.1 Å². The van der Waals surface area contributed by atoms with Crippen LogP contribution in [0.15, 0.2) is 151 Å². The minimum Gasteiger partial charge on any atom is -0.473 e. The van der Waals surface area contributed by atoms with Gasteiger partial charge in [-0.3, -0.25) is 0 Å². The predicted molar refractivity (Wildman–Crippen MR) is 195 cm³/mol. The summed E-state index contributed by atoms with van der Waals surface area (Å²) in [5.74, 6) is 4.03. The molecule has 244 valence electrons. The first-order valence-electron chi connectivity index (χ1n) is 16.3. The molecule has 0 spiro atoms. The Hall–Kier alpha value is -6.08. The van der Waals surface area contributed by atoms with Crippen LogP contribution in [0.2, 0.25) is 0 Å². The smallest absolute Gasteiger partial charge is 0.161 e. The number of ether oxygens (including phenoxy) is 3. The number of hydrogen-bond donors (Lipinski definition) is 1. The summed E-state index contributed by atoms with van der Waals surface area (Å²) < 4.78 is 18.2. The van der Waals surface area contributed by atoms with E-state index in [4.69, 9.17) is 14.2 Å². The van der Waals surface area contributed by atoms with Gasteiger partial charge in [0.05, 0.1) is 0 Å². The van der Waals surface area contributed by atoms with Crippen LogP contribution >= 0.6 is 0 Å². The van der Waals surface area contributed by atoms with Gasteiger partial charge in [-0.05, 0) is 101 Å². The molecule has 0 fully saturated rings. The summed E-state index contributed by atoms with van der Waals surface area (Å²) in [5.41, 5.74) is 6.64. The fourth-order valence-corrected chi connectivity index (χ4v) is 5.97. The molecule has 1 aliphatic heterocycles. The quantitative estimate of drug-likeness (QED) is 0.141. The molecule has 0 unspecified atom stereocenters. The second kappa shape index (κ2) is 14.0. The van der Waals surface area contributed by atoms with E-state index in [1.54, 1.807) is 12.1 Å². The highest BCUT2D eigenvalue weighted by Gasteiger charge is 2.23. The summed E-state index contributed by atoms with van der Waals surface area (Å²) in [4.78, 5) is 13.2. The van der Waals surface area contributed by atoms with Crippen LogP contribution in [-0.2, 0) is 18.5 Å². The second-order valence-corrected chi connectivity index (χ2v) is 12.5. The molecule has 7 heteroatoms. The minimum absolute atomic E-state index is 0.223. The average molecular weight is 648 g/mol. The molecule has 0 saturated heterocycles. The molecular weight excluding hydrogens is 610 g/mol. The zero-order valence-electron chi connectivity index (χ0n) is 27.5. The van der Waals surface area contributed by atoms with Crippen molar-refractivity contribution in [1.29, 1.82) is 0 Å². The van der Waals surface area contributed by atoms with Crippen molar-refractivity contribution < 1.29 is 14.2 Å². The van der Waals surface area contributed by atoms with Gasteiger partial charge in [0.2, 0.25) is 0 Å². The van der Waals surface area contributed by atoms with Crippen LogP contribution in [-0.4, -0.2) is 6.73 Å². The fraction of sp³-hybridized carbons (Fsp3) is 0.143. The zero-order valence-corrected chi connectivity index (χ0v) is 27.5. The standard InChI is InChI=1S/C42H37N3O4/c1-42(2,32-11-19-36(20-12-32)48-38-23-15-34(16-24-38)43-27-30-7-3-5-9-40(30)44-46)33-13-21-37(22-14-33)49-39-25-17-35(18-26-39)45-28-31-8-4-6-10-41(31)47-29-45/h3-26,43H,27-29H2,1-2H3. The van der Waals surface area contributed by atoms with E-state index in [1.165, 1.54) is 16.7 Å². The van der Waals surface area contributed by atoms with Crippen molar-refractivity contribution in [3.8, 4) is 28.7 Å². The third-order valence-electron chi connectivity index (χ3n) is 8.96. The van der Waals surface area contributed by atoms with Crippen LogP contribution in [0.4, 0.5) is 17.1 Å². The molecule has 0 atom stereocenters. The van der Waals surface area contributed by atoms with Crippen LogP contribution in [0.3, 0.4) is 0 Å². The first kappa shape index (κ1) is 31.5. The van der Waals surface area contributed by atoms with Gasteiger partial charge in [-0.15, -0.1) is 4.91 Å². The van der Waals surface area contributed by atoms with E-state index in [0.717, 1.165) is 52.2 Å². The molecular formula is C42H37N3O4. The van der Waals surface area contributed by atoms with Gasteiger partial charge in [-0.2, -0.15) is 0 Å². The first-order chi connectivity index (χ1) is 23.9. The van der Waals surface area contributed by atoms with Crippen LogP contribution in [0.5, 0.6) is 28.7 Å². The lowest BCUT2D eigenvalue weighted by Gasteiger charge is -2.30. The van der Waals surface area contributed by atoms with Crippen molar-refractivity contribution in [3.63, 3.8) is 0 Å². The lowest BCUT2D eigenvalue weighted by molar-refractivity contribution is 0.289. The number of anilines is 2. The van der Waals surface area contributed by atoms with Gasteiger partial charge < -0.3 is 24.4 Å². The molecule has 0 saturated carbocycles. The van der Waals surface area contributed by atoms with E-state index in [1.807, 2.05) is 91.0 Å². The fourth-order valence-electron chi connectivity index (χ4n) is 5.97. The number of fused-ring (bicyclic) bond motifs is 1. The molecule has 49 heavy (non-hydrogen) atoms. The summed E-state index contributed by atoms with van der Waals surface area (Å²) in [6.45, 7) is 6.28. The number of hydrogen-bond acceptors (Lipinski definition) is 7. The maximum Gasteiger partial charge on any atom is 0.161 e. The first-order valence-corrected chi connectivity index (χ1v) is 16.3. The number of nitrogens with one attached hydrogen (secondary N) is 1. The maximum atomic E-state index is 11.0. The summed E-state index contributed by atoms with van der Waals surface area (Å²) in [6.07, 6.45) is 0. The van der Waals surface area contributed by atoms with Crippen LogP contribution in [0, 0.1) is 4.91 Å². The second-order valence-electron chi connectivity index (χ2n) is 12.5. The van der Waals surface area contributed by atoms with Gasteiger partial charge in [0.15, 0.2) is 6.73 Å². The topological polar surface area (TPSA) is 72.4 Å². The van der Waals surface area contributed by atoms with E-state index >= 15 is 0 Å². The summed E-state index contributed by atoms with van der Waals surface area (Å²) in [7, 11) is 0. The molecule has 7 rings (SSSR count). The molecule has 0 bridgehead atoms. The average Bonchev–Trinajstić information content (AvgIpc) is 3.15. The molecule has 1 N–H and O–H groups in total. The highest BCUT2D eigenvalue weighted by atomic mass is 16.5. The maximum absolute atomic E-state index is 11.0. The molecule has 0 aliphatic carbocycles. The van der Waals surface area contributed by atoms with E-state index < -0.39 is 0 Å². The van der Waals surface area contributed by atoms with E-state index in [0.29, 0.717) is 19.0 Å². The molecule has 0 amide bonds. The van der Waals surface area contributed by atoms with Gasteiger partial charge in [0, 0.05) is 41.0 Å². The number of para-hydroxylation sites is 1. The van der Waals surface area contributed by atoms with Gasteiger partial charge >= 0.3 is 0 Å². The van der Waals surface area contributed by atoms with Gasteiger partial charge in [-0.1, -0.05) is 74.5 Å². The van der Waals surface area contributed by atoms with Crippen LogP contribution < -0.4 is 24.4 Å². The Morgan fingerprint density at radius 1 is 0.673 bits per heavy atom. The van der Waals surface area contributed by atoms with Gasteiger partial charge in [0.1, 0.15) is 34.4 Å². The SMILES string of the molecule is CC(C)(c1ccc(Oc2ccc(NCc3ccccc3N=O)cc2)cc1)c1ccc(Oc2ccc(N3COc4ccccc4C3)cc2)cc1. The zero-order chi connectivity index (χ0) is 33.6. The van der Waals surface area contributed by atoms with Crippen molar-refractivity contribution in [3.05, 3.63) is 173 Å². The van der Waals surface area contributed by atoms with Crippen molar-refractivity contribution >= 4 is 17.1 Å². The third-order valence-corrected chi connectivity index (χ3v) is 8.96. The van der Waals surface area contributed by atoms with Crippen molar-refractivity contribution in [2.24, 2.45) is 5.18 Å².